The minimum atomic E-state index is 0.102. The molecule has 1 atom stereocenters. The summed E-state index contributed by atoms with van der Waals surface area (Å²) in [6.07, 6.45) is 1.41. The van der Waals surface area contributed by atoms with Gasteiger partial charge < -0.3 is 10.1 Å². The third-order valence-corrected chi connectivity index (χ3v) is 3.55. The maximum absolute atomic E-state index is 6.10. The number of ether oxygens (including phenoxy) is 1. The Labute approximate surface area is 112 Å². The monoisotopic (exact) mass is 297 g/mol. The van der Waals surface area contributed by atoms with Gasteiger partial charge in [-0.3, -0.25) is 0 Å². The van der Waals surface area contributed by atoms with Gasteiger partial charge in [-0.15, -0.1) is 0 Å². The summed E-state index contributed by atoms with van der Waals surface area (Å²) in [5.74, 6) is 1.02. The summed E-state index contributed by atoms with van der Waals surface area (Å²) in [5, 5.41) is 3.33. The fourth-order valence-electron chi connectivity index (χ4n) is 2.10. The summed E-state index contributed by atoms with van der Waals surface area (Å²) in [6.45, 7) is 8.67. The molecular weight excluding hydrogens is 278 g/mol. The van der Waals surface area contributed by atoms with Crippen LogP contribution in [-0.2, 0) is 5.41 Å². The van der Waals surface area contributed by atoms with E-state index in [1.165, 1.54) is 5.56 Å². The number of benzene rings is 1. The average molecular weight is 298 g/mol. The molecule has 1 aromatic carbocycles. The zero-order valence-corrected chi connectivity index (χ0v) is 12.3. The average Bonchev–Trinajstić information content (AvgIpc) is 2.72. The van der Waals surface area contributed by atoms with Gasteiger partial charge in [0.05, 0.1) is 0 Å². The highest BCUT2D eigenvalue weighted by atomic mass is 79.9. The third-order valence-electron chi connectivity index (χ3n) is 3.06. The molecular formula is C14H20BrNO. The van der Waals surface area contributed by atoms with Gasteiger partial charge in [-0.05, 0) is 36.6 Å². The van der Waals surface area contributed by atoms with Crippen LogP contribution in [0.25, 0.3) is 0 Å². The van der Waals surface area contributed by atoms with E-state index in [-0.39, 0.29) is 5.41 Å². The van der Waals surface area contributed by atoms with Crippen molar-refractivity contribution in [3.63, 3.8) is 0 Å². The predicted molar refractivity (Wildman–Crippen MR) is 74.7 cm³/mol. The van der Waals surface area contributed by atoms with Crippen LogP contribution in [0.2, 0.25) is 0 Å². The summed E-state index contributed by atoms with van der Waals surface area (Å²) in [7, 11) is 0. The second-order valence-electron chi connectivity index (χ2n) is 5.62. The van der Waals surface area contributed by atoms with Crippen LogP contribution in [0.15, 0.2) is 22.7 Å². The van der Waals surface area contributed by atoms with Gasteiger partial charge in [0.1, 0.15) is 11.9 Å². The molecule has 2 rings (SSSR count). The highest BCUT2D eigenvalue weighted by Crippen LogP contribution is 2.34. The number of hydrogen-bond donors (Lipinski definition) is 1. The maximum Gasteiger partial charge on any atom is 0.123 e. The molecule has 0 saturated carbocycles. The van der Waals surface area contributed by atoms with E-state index >= 15 is 0 Å². The minimum Gasteiger partial charge on any atom is -0.489 e. The van der Waals surface area contributed by atoms with Crippen molar-refractivity contribution in [2.45, 2.75) is 38.7 Å². The van der Waals surface area contributed by atoms with Crippen LogP contribution < -0.4 is 10.1 Å². The van der Waals surface area contributed by atoms with E-state index in [1.807, 2.05) is 6.07 Å². The first-order valence-electron chi connectivity index (χ1n) is 6.14. The SMILES string of the molecule is CC(C)(C)c1cc(Br)ccc1OC1CCNC1. The summed E-state index contributed by atoms with van der Waals surface area (Å²) in [5.41, 5.74) is 1.37. The van der Waals surface area contributed by atoms with Gasteiger partial charge in [0.15, 0.2) is 0 Å². The third kappa shape index (κ3) is 3.23. The number of nitrogens with one attached hydrogen (secondary N) is 1. The van der Waals surface area contributed by atoms with Gasteiger partial charge >= 0.3 is 0 Å². The van der Waals surface area contributed by atoms with Crippen LogP contribution in [0.3, 0.4) is 0 Å². The molecule has 1 heterocycles. The fraction of sp³-hybridized carbons (Fsp3) is 0.571. The molecule has 1 aromatic rings. The highest BCUT2D eigenvalue weighted by molar-refractivity contribution is 9.10. The van der Waals surface area contributed by atoms with Crippen molar-refractivity contribution in [3.8, 4) is 5.75 Å². The first-order valence-corrected chi connectivity index (χ1v) is 6.93. The van der Waals surface area contributed by atoms with Crippen molar-refractivity contribution in [3.05, 3.63) is 28.2 Å². The molecule has 0 radical (unpaired) electrons. The Kier molecular flexibility index (Phi) is 3.79. The summed E-state index contributed by atoms with van der Waals surface area (Å²) < 4.78 is 7.22. The molecule has 0 aromatic heterocycles. The lowest BCUT2D eigenvalue weighted by Crippen LogP contribution is -2.22. The Hall–Kier alpha value is -0.540. The van der Waals surface area contributed by atoms with E-state index < -0.39 is 0 Å². The maximum atomic E-state index is 6.10. The van der Waals surface area contributed by atoms with Crippen molar-refractivity contribution in [1.82, 2.24) is 5.32 Å². The van der Waals surface area contributed by atoms with Gasteiger partial charge in [-0.1, -0.05) is 36.7 Å². The predicted octanol–water partition coefficient (Wildman–Crippen LogP) is 3.49. The summed E-state index contributed by atoms with van der Waals surface area (Å²) >= 11 is 3.53. The van der Waals surface area contributed by atoms with E-state index in [2.05, 4.69) is 54.2 Å². The summed E-state index contributed by atoms with van der Waals surface area (Å²) in [6, 6.07) is 6.29. The summed E-state index contributed by atoms with van der Waals surface area (Å²) in [4.78, 5) is 0. The van der Waals surface area contributed by atoms with Gasteiger partial charge in [0.25, 0.3) is 0 Å². The van der Waals surface area contributed by atoms with Crippen LogP contribution in [-0.4, -0.2) is 19.2 Å². The van der Waals surface area contributed by atoms with Gasteiger partial charge in [0, 0.05) is 16.6 Å². The Morgan fingerprint density at radius 1 is 1.35 bits per heavy atom. The molecule has 0 aliphatic carbocycles. The van der Waals surface area contributed by atoms with Crippen molar-refractivity contribution in [2.75, 3.05) is 13.1 Å². The zero-order chi connectivity index (χ0) is 12.5. The van der Waals surface area contributed by atoms with Crippen LogP contribution in [0, 0.1) is 0 Å². The zero-order valence-electron chi connectivity index (χ0n) is 10.7. The quantitative estimate of drug-likeness (QED) is 0.902. The Morgan fingerprint density at radius 3 is 2.71 bits per heavy atom. The highest BCUT2D eigenvalue weighted by Gasteiger charge is 2.22. The number of halogens is 1. The van der Waals surface area contributed by atoms with E-state index in [4.69, 9.17) is 4.74 Å². The van der Waals surface area contributed by atoms with Crippen molar-refractivity contribution >= 4 is 15.9 Å². The Bertz CT molecular complexity index is 392. The second-order valence-corrected chi connectivity index (χ2v) is 6.54. The smallest absolute Gasteiger partial charge is 0.123 e. The lowest BCUT2D eigenvalue weighted by atomic mass is 9.86. The Morgan fingerprint density at radius 2 is 2.12 bits per heavy atom. The second kappa shape index (κ2) is 4.99. The molecule has 94 valence electrons. The molecule has 2 nitrogen and oxygen atoms in total. The number of hydrogen-bond acceptors (Lipinski definition) is 2. The largest absolute Gasteiger partial charge is 0.489 e. The van der Waals surface area contributed by atoms with Crippen molar-refractivity contribution < 1.29 is 4.74 Å². The van der Waals surface area contributed by atoms with E-state index in [0.717, 1.165) is 29.7 Å². The number of rotatable bonds is 2. The minimum absolute atomic E-state index is 0.102. The lowest BCUT2D eigenvalue weighted by molar-refractivity contribution is 0.218. The van der Waals surface area contributed by atoms with Gasteiger partial charge in [-0.2, -0.15) is 0 Å². The first kappa shape index (κ1) is 12.9. The molecule has 1 saturated heterocycles. The molecule has 1 N–H and O–H groups in total. The molecule has 1 aliphatic heterocycles. The van der Waals surface area contributed by atoms with Gasteiger partial charge in [0.2, 0.25) is 0 Å². The van der Waals surface area contributed by atoms with Crippen molar-refractivity contribution in [2.24, 2.45) is 0 Å². The normalized spacial score (nSPS) is 20.6. The van der Waals surface area contributed by atoms with Crippen LogP contribution in [0.5, 0.6) is 5.75 Å². The van der Waals surface area contributed by atoms with Crippen LogP contribution in [0.4, 0.5) is 0 Å². The molecule has 17 heavy (non-hydrogen) atoms. The van der Waals surface area contributed by atoms with E-state index in [0.29, 0.717) is 6.10 Å². The Balaban J connectivity index is 2.25. The van der Waals surface area contributed by atoms with Crippen LogP contribution >= 0.6 is 15.9 Å². The molecule has 3 heteroatoms. The molecule has 1 aliphatic rings. The van der Waals surface area contributed by atoms with E-state index in [1.54, 1.807) is 0 Å². The standard InChI is InChI=1S/C14H20BrNO/c1-14(2,3)12-8-10(15)4-5-13(12)17-11-6-7-16-9-11/h4-5,8,11,16H,6-7,9H2,1-3H3. The molecule has 1 unspecified atom stereocenters. The van der Waals surface area contributed by atoms with E-state index in [9.17, 15) is 0 Å². The lowest BCUT2D eigenvalue weighted by Gasteiger charge is -2.25. The van der Waals surface area contributed by atoms with Gasteiger partial charge in [-0.25, -0.2) is 0 Å². The van der Waals surface area contributed by atoms with Crippen LogP contribution in [0.1, 0.15) is 32.8 Å². The van der Waals surface area contributed by atoms with Crippen molar-refractivity contribution in [1.29, 1.82) is 0 Å². The molecule has 0 bridgehead atoms. The first-order chi connectivity index (χ1) is 7.97. The molecule has 1 fully saturated rings. The topological polar surface area (TPSA) is 21.3 Å². The molecule has 0 amide bonds. The molecule has 0 spiro atoms. The fourth-order valence-corrected chi connectivity index (χ4v) is 2.46.